The zero-order chi connectivity index (χ0) is 15.4. The van der Waals surface area contributed by atoms with Gasteiger partial charge in [0.05, 0.1) is 12.3 Å². The van der Waals surface area contributed by atoms with Gasteiger partial charge in [-0.3, -0.25) is 4.68 Å². The average Bonchev–Trinajstić information content (AvgIpc) is 2.70. The number of nitrogens with zero attached hydrogens (tertiary/aromatic N) is 3. The molecule has 0 aromatic carbocycles. The first kappa shape index (κ1) is 15.9. The number of nitrogens with one attached hydrogen (secondary N) is 1. The Morgan fingerprint density at radius 3 is 3.00 bits per heavy atom. The predicted octanol–water partition coefficient (Wildman–Crippen LogP) is 2.57. The van der Waals surface area contributed by atoms with Crippen LogP contribution in [0.3, 0.4) is 0 Å². The quantitative estimate of drug-likeness (QED) is 0.658. The molecule has 0 saturated carbocycles. The second-order valence-corrected chi connectivity index (χ2v) is 5.47. The summed E-state index contributed by atoms with van der Waals surface area (Å²) in [5.41, 5.74) is 3.88. The van der Waals surface area contributed by atoms with Gasteiger partial charge in [0.1, 0.15) is 5.15 Å². The number of aryl methyl sites for hydroxylation is 2. The Kier molecular flexibility index (Phi) is 5.33. The first-order chi connectivity index (χ1) is 10.0. The zero-order valence-corrected chi connectivity index (χ0v) is 13.7. The van der Waals surface area contributed by atoms with Gasteiger partial charge in [-0.25, -0.2) is 4.98 Å². The van der Waals surface area contributed by atoms with E-state index >= 15 is 0 Å². The largest absolute Gasteiger partial charge is 0.383 e. The summed E-state index contributed by atoms with van der Waals surface area (Å²) in [6.45, 7) is 6.37. The van der Waals surface area contributed by atoms with E-state index in [0.29, 0.717) is 11.8 Å². The van der Waals surface area contributed by atoms with Crippen molar-refractivity contribution in [3.8, 4) is 0 Å². The smallest absolute Gasteiger partial charge is 0.159 e. The fourth-order valence-electron chi connectivity index (χ4n) is 2.21. The molecule has 0 radical (unpaired) electrons. The molecule has 0 aliphatic carbocycles. The van der Waals surface area contributed by atoms with E-state index in [2.05, 4.69) is 28.4 Å². The summed E-state index contributed by atoms with van der Waals surface area (Å²) in [5, 5.41) is 9.21. The molecule has 0 spiro atoms. The molecule has 2 heterocycles. The number of hydrogen-bond donors (Lipinski definition) is 1. The predicted molar refractivity (Wildman–Crippen MR) is 86.7 cm³/mol. The molecule has 0 atom stereocenters. The van der Waals surface area contributed by atoms with Crippen LogP contribution in [0.1, 0.15) is 18.2 Å². The second-order valence-electron chi connectivity index (χ2n) is 5.11. The highest BCUT2D eigenvalue weighted by Gasteiger charge is 2.10. The van der Waals surface area contributed by atoms with Crippen molar-refractivity contribution >= 4 is 28.7 Å². The minimum absolute atomic E-state index is 0.502. The summed E-state index contributed by atoms with van der Waals surface area (Å²) in [4.78, 5) is 4.44. The van der Waals surface area contributed by atoms with Crippen LogP contribution < -0.4 is 5.32 Å². The van der Waals surface area contributed by atoms with Gasteiger partial charge in [0.25, 0.3) is 0 Å². The van der Waals surface area contributed by atoms with Gasteiger partial charge in [0.15, 0.2) is 5.65 Å². The van der Waals surface area contributed by atoms with Gasteiger partial charge in [-0.2, -0.15) is 5.10 Å². The summed E-state index contributed by atoms with van der Waals surface area (Å²) in [6, 6.07) is 2.05. The van der Waals surface area contributed by atoms with Crippen molar-refractivity contribution in [1.29, 1.82) is 0 Å². The Morgan fingerprint density at radius 2 is 2.29 bits per heavy atom. The molecular weight excluding hydrogens is 288 g/mol. The molecule has 0 amide bonds. The summed E-state index contributed by atoms with van der Waals surface area (Å²) >= 11 is 6.28. The Bertz CT molecular complexity index is 663. The van der Waals surface area contributed by atoms with Crippen molar-refractivity contribution in [3.63, 3.8) is 0 Å². The van der Waals surface area contributed by atoms with Crippen molar-refractivity contribution in [1.82, 2.24) is 20.1 Å². The monoisotopic (exact) mass is 308 g/mol. The topological polar surface area (TPSA) is 52.0 Å². The van der Waals surface area contributed by atoms with Gasteiger partial charge in [-0.05, 0) is 19.9 Å². The molecule has 1 N–H and O–H groups in total. The number of ether oxygens (including phenoxy) is 1. The lowest BCUT2D eigenvalue weighted by atomic mass is 10.1. The van der Waals surface area contributed by atoms with E-state index in [0.717, 1.165) is 35.4 Å². The minimum atomic E-state index is 0.502. The summed E-state index contributed by atoms with van der Waals surface area (Å²) in [6.07, 6.45) is 2.06. The highest BCUT2D eigenvalue weighted by Crippen LogP contribution is 2.24. The average molecular weight is 309 g/mol. The van der Waals surface area contributed by atoms with E-state index in [1.54, 1.807) is 11.8 Å². The first-order valence-corrected chi connectivity index (χ1v) is 7.27. The SMILES string of the molecule is COCCNCC(C)=Cc1cc2c(C)nn(C)c2nc1Cl. The third-order valence-electron chi connectivity index (χ3n) is 3.27. The van der Waals surface area contributed by atoms with E-state index < -0.39 is 0 Å². The highest BCUT2D eigenvalue weighted by atomic mass is 35.5. The molecule has 0 fully saturated rings. The highest BCUT2D eigenvalue weighted by molar-refractivity contribution is 6.31. The van der Waals surface area contributed by atoms with Gasteiger partial charge < -0.3 is 10.1 Å². The Hall–Kier alpha value is -1.43. The molecule has 0 unspecified atom stereocenters. The number of rotatable bonds is 6. The number of aromatic nitrogens is 3. The normalized spacial score (nSPS) is 12.3. The maximum atomic E-state index is 6.28. The number of pyridine rings is 1. The molecule has 0 saturated heterocycles. The maximum absolute atomic E-state index is 6.28. The lowest BCUT2D eigenvalue weighted by Gasteiger charge is -2.06. The molecule has 2 rings (SSSR count). The molecule has 0 aliphatic heterocycles. The number of hydrogen-bond acceptors (Lipinski definition) is 4. The van der Waals surface area contributed by atoms with Crippen LogP contribution in [0.5, 0.6) is 0 Å². The van der Waals surface area contributed by atoms with Crippen LogP contribution >= 0.6 is 11.6 Å². The van der Waals surface area contributed by atoms with Crippen LogP contribution in [0.25, 0.3) is 17.1 Å². The van der Waals surface area contributed by atoms with E-state index in [1.165, 1.54) is 5.57 Å². The van der Waals surface area contributed by atoms with Crippen LogP contribution in [0.2, 0.25) is 5.15 Å². The van der Waals surface area contributed by atoms with Crippen molar-refractivity contribution in [2.45, 2.75) is 13.8 Å². The van der Waals surface area contributed by atoms with Crippen LogP contribution in [-0.2, 0) is 11.8 Å². The van der Waals surface area contributed by atoms with Crippen LogP contribution in [0.15, 0.2) is 11.6 Å². The lowest BCUT2D eigenvalue weighted by Crippen LogP contribution is -2.20. The Morgan fingerprint density at radius 1 is 1.52 bits per heavy atom. The van der Waals surface area contributed by atoms with Crippen LogP contribution in [0, 0.1) is 6.92 Å². The van der Waals surface area contributed by atoms with Crippen molar-refractivity contribution in [2.24, 2.45) is 7.05 Å². The molecule has 0 bridgehead atoms. The third kappa shape index (κ3) is 3.81. The number of methoxy groups -OCH3 is 1. The molecule has 2 aromatic rings. The molecular formula is C15H21ClN4O. The molecule has 21 heavy (non-hydrogen) atoms. The van der Waals surface area contributed by atoms with E-state index in [-0.39, 0.29) is 0 Å². The van der Waals surface area contributed by atoms with Crippen LogP contribution in [0.4, 0.5) is 0 Å². The zero-order valence-electron chi connectivity index (χ0n) is 12.9. The minimum Gasteiger partial charge on any atom is -0.383 e. The third-order valence-corrected chi connectivity index (χ3v) is 3.57. The fraction of sp³-hybridized carbons (Fsp3) is 0.467. The van der Waals surface area contributed by atoms with Gasteiger partial charge in [-0.15, -0.1) is 0 Å². The molecule has 6 heteroatoms. The van der Waals surface area contributed by atoms with E-state index in [4.69, 9.17) is 16.3 Å². The van der Waals surface area contributed by atoms with Gasteiger partial charge in [0.2, 0.25) is 0 Å². The maximum Gasteiger partial charge on any atom is 0.159 e. The fourth-order valence-corrected chi connectivity index (χ4v) is 2.40. The number of halogens is 1. The number of fused-ring (bicyclic) bond motifs is 1. The van der Waals surface area contributed by atoms with Gasteiger partial charge in [-0.1, -0.05) is 23.3 Å². The Balaban J connectivity index is 2.21. The molecule has 0 aliphatic rings. The van der Waals surface area contributed by atoms with E-state index in [1.807, 2.05) is 20.0 Å². The summed E-state index contributed by atoms with van der Waals surface area (Å²) in [7, 11) is 3.57. The van der Waals surface area contributed by atoms with Crippen molar-refractivity contribution < 1.29 is 4.74 Å². The van der Waals surface area contributed by atoms with Crippen molar-refractivity contribution in [3.05, 3.63) is 28.0 Å². The summed E-state index contributed by atoms with van der Waals surface area (Å²) in [5.74, 6) is 0. The molecule has 114 valence electrons. The standard InChI is InChI=1S/C15H21ClN4O/c1-10(9-17-5-6-21-4)7-12-8-13-11(2)19-20(3)15(13)18-14(12)16/h7-8,17H,5-6,9H2,1-4H3. The Labute approximate surface area is 130 Å². The van der Waals surface area contributed by atoms with Gasteiger partial charge >= 0.3 is 0 Å². The lowest BCUT2D eigenvalue weighted by molar-refractivity contribution is 0.200. The first-order valence-electron chi connectivity index (χ1n) is 6.89. The molecule has 2 aromatic heterocycles. The summed E-state index contributed by atoms with van der Waals surface area (Å²) < 4.78 is 6.76. The molecule has 5 nitrogen and oxygen atoms in total. The van der Waals surface area contributed by atoms with Crippen LogP contribution in [-0.4, -0.2) is 41.6 Å². The second kappa shape index (κ2) is 7.02. The van der Waals surface area contributed by atoms with Crippen molar-refractivity contribution in [2.75, 3.05) is 26.8 Å². The van der Waals surface area contributed by atoms with Gasteiger partial charge in [0, 0.05) is 38.2 Å². The van der Waals surface area contributed by atoms with E-state index in [9.17, 15) is 0 Å².